The number of methoxy groups -OCH3 is 1. The summed E-state index contributed by atoms with van der Waals surface area (Å²) in [6, 6.07) is 12.2. The van der Waals surface area contributed by atoms with Crippen molar-refractivity contribution < 1.29 is 9.53 Å². The van der Waals surface area contributed by atoms with Gasteiger partial charge in [-0.15, -0.1) is 23.7 Å². The van der Waals surface area contributed by atoms with Crippen LogP contribution in [0.15, 0.2) is 41.8 Å². The molecule has 29 heavy (non-hydrogen) atoms. The molecule has 0 aliphatic carbocycles. The zero-order chi connectivity index (χ0) is 19.5. The number of ether oxygens (including phenoxy) is 1. The van der Waals surface area contributed by atoms with E-state index in [0.717, 1.165) is 48.7 Å². The summed E-state index contributed by atoms with van der Waals surface area (Å²) in [7, 11) is 1.67. The van der Waals surface area contributed by atoms with Gasteiger partial charge in [0, 0.05) is 38.3 Å². The number of halogens is 1. The highest BCUT2D eigenvalue weighted by molar-refractivity contribution is 7.17. The number of urea groups is 1. The number of thiophene rings is 1. The Hall–Kier alpha value is -2.51. The molecule has 8 heteroatoms. The number of pyridine rings is 1. The summed E-state index contributed by atoms with van der Waals surface area (Å²) in [5, 5.41) is 4.97. The van der Waals surface area contributed by atoms with E-state index in [2.05, 4.69) is 33.8 Å². The van der Waals surface area contributed by atoms with Crippen LogP contribution in [0.4, 0.5) is 10.5 Å². The fourth-order valence-corrected chi connectivity index (χ4v) is 4.39. The normalized spacial score (nSPS) is 13.9. The average Bonchev–Trinajstić information content (AvgIpc) is 3.22. The Bertz CT molecular complexity index is 986. The number of piperazine rings is 1. The van der Waals surface area contributed by atoms with Crippen molar-refractivity contribution in [3.8, 4) is 17.0 Å². The monoisotopic (exact) mass is 432 g/mol. The van der Waals surface area contributed by atoms with Gasteiger partial charge in [0.05, 0.1) is 28.7 Å². The van der Waals surface area contributed by atoms with Crippen LogP contribution in [0.2, 0.25) is 0 Å². The Morgan fingerprint density at radius 1 is 1.21 bits per heavy atom. The lowest BCUT2D eigenvalue weighted by atomic mass is 10.1. The van der Waals surface area contributed by atoms with Crippen LogP contribution < -0.4 is 15.0 Å². The smallest absolute Gasteiger partial charge is 0.317 e. The van der Waals surface area contributed by atoms with Crippen LogP contribution in [0.1, 0.15) is 6.92 Å². The van der Waals surface area contributed by atoms with Gasteiger partial charge in [-0.05, 0) is 36.6 Å². The predicted molar refractivity (Wildman–Crippen MR) is 122 cm³/mol. The van der Waals surface area contributed by atoms with Gasteiger partial charge < -0.3 is 19.9 Å². The number of hydrogen-bond acceptors (Lipinski definition) is 5. The second-order valence-electron chi connectivity index (χ2n) is 6.70. The van der Waals surface area contributed by atoms with Crippen LogP contribution >= 0.6 is 23.7 Å². The molecule has 0 atom stereocenters. The number of rotatable bonds is 4. The first-order valence-electron chi connectivity index (χ1n) is 9.50. The summed E-state index contributed by atoms with van der Waals surface area (Å²) in [5.74, 6) is 0.821. The minimum Gasteiger partial charge on any atom is -0.497 e. The average molecular weight is 433 g/mol. The molecule has 154 valence electrons. The Labute approximate surface area is 180 Å². The molecule has 2 aromatic heterocycles. The third-order valence-electron chi connectivity index (χ3n) is 4.99. The molecule has 3 aromatic rings. The van der Waals surface area contributed by atoms with Crippen LogP contribution in [0, 0.1) is 0 Å². The fourth-order valence-electron chi connectivity index (χ4n) is 3.52. The molecular weight excluding hydrogens is 408 g/mol. The summed E-state index contributed by atoms with van der Waals surface area (Å²) in [4.78, 5) is 21.2. The number of fused-ring (bicyclic) bond motifs is 1. The molecule has 4 rings (SSSR count). The van der Waals surface area contributed by atoms with Crippen molar-refractivity contribution in [1.82, 2.24) is 15.2 Å². The van der Waals surface area contributed by atoms with Crippen molar-refractivity contribution in [1.29, 1.82) is 0 Å². The van der Waals surface area contributed by atoms with E-state index in [1.807, 2.05) is 30.0 Å². The van der Waals surface area contributed by atoms with Gasteiger partial charge in [-0.25, -0.2) is 9.78 Å². The maximum Gasteiger partial charge on any atom is 0.317 e. The Balaban J connectivity index is 0.00000240. The SMILES string of the molecule is CCNC(=O)N1CCN(c2cc(-c3cccc(OC)c3)nc3ccsc23)CC1.Cl. The first-order chi connectivity index (χ1) is 13.7. The van der Waals surface area contributed by atoms with Gasteiger partial charge in [-0.3, -0.25) is 0 Å². The third kappa shape index (κ3) is 4.41. The Morgan fingerprint density at radius 2 is 2.00 bits per heavy atom. The number of aromatic nitrogens is 1. The molecule has 1 aliphatic heterocycles. The van der Waals surface area contributed by atoms with Crippen LogP contribution in [0.25, 0.3) is 21.5 Å². The minimum absolute atomic E-state index is 0. The lowest BCUT2D eigenvalue weighted by Crippen LogP contribution is -2.51. The fraction of sp³-hybridized carbons (Fsp3) is 0.333. The standard InChI is InChI=1S/C21H24N4O2S.ClH/c1-3-22-21(26)25-10-8-24(9-11-25)19-14-18(23-17-7-12-28-20(17)19)15-5-4-6-16(13-15)27-2;/h4-7,12-14H,3,8-11H2,1-2H3,(H,22,26);1H. The maximum atomic E-state index is 12.1. The van der Waals surface area contributed by atoms with Gasteiger partial charge >= 0.3 is 6.03 Å². The molecule has 1 aromatic carbocycles. The number of carbonyl (C=O) groups is 1. The number of hydrogen-bond donors (Lipinski definition) is 1. The lowest BCUT2D eigenvalue weighted by molar-refractivity contribution is 0.195. The summed E-state index contributed by atoms with van der Waals surface area (Å²) < 4.78 is 6.56. The van der Waals surface area contributed by atoms with Gasteiger partial charge in [-0.2, -0.15) is 0 Å². The zero-order valence-corrected chi connectivity index (χ0v) is 18.2. The van der Waals surface area contributed by atoms with Gasteiger partial charge in [0.25, 0.3) is 0 Å². The molecule has 0 radical (unpaired) electrons. The molecule has 1 N–H and O–H groups in total. The summed E-state index contributed by atoms with van der Waals surface area (Å²) in [6.07, 6.45) is 0. The molecule has 1 aliphatic rings. The second-order valence-corrected chi connectivity index (χ2v) is 7.62. The van der Waals surface area contributed by atoms with Crippen LogP contribution in [-0.4, -0.2) is 55.7 Å². The summed E-state index contributed by atoms with van der Waals surface area (Å²) >= 11 is 1.71. The van der Waals surface area contributed by atoms with Crippen molar-refractivity contribution in [2.24, 2.45) is 0 Å². The molecule has 1 fully saturated rings. The minimum atomic E-state index is 0. The molecule has 0 saturated carbocycles. The number of nitrogens with zero attached hydrogens (tertiary/aromatic N) is 3. The Morgan fingerprint density at radius 3 is 2.72 bits per heavy atom. The predicted octanol–water partition coefficient (Wildman–Crippen LogP) is 4.25. The number of anilines is 1. The number of carbonyl (C=O) groups excluding carboxylic acids is 1. The van der Waals surface area contributed by atoms with Gasteiger partial charge in [-0.1, -0.05) is 12.1 Å². The van der Waals surface area contributed by atoms with Crippen LogP contribution in [-0.2, 0) is 0 Å². The number of nitrogens with one attached hydrogen (secondary N) is 1. The highest BCUT2D eigenvalue weighted by atomic mass is 35.5. The summed E-state index contributed by atoms with van der Waals surface area (Å²) in [6.45, 7) is 5.66. The van der Waals surface area contributed by atoms with E-state index in [0.29, 0.717) is 6.54 Å². The van der Waals surface area contributed by atoms with Crippen molar-refractivity contribution in [3.05, 3.63) is 41.8 Å². The van der Waals surface area contributed by atoms with E-state index in [9.17, 15) is 4.79 Å². The van der Waals surface area contributed by atoms with E-state index in [1.54, 1.807) is 18.4 Å². The van der Waals surface area contributed by atoms with Crippen molar-refractivity contribution in [2.75, 3.05) is 44.7 Å². The molecule has 0 spiro atoms. The molecule has 6 nitrogen and oxygen atoms in total. The lowest BCUT2D eigenvalue weighted by Gasteiger charge is -2.36. The molecular formula is C21H25ClN4O2S. The molecule has 1 saturated heterocycles. The largest absolute Gasteiger partial charge is 0.497 e. The number of benzene rings is 1. The van der Waals surface area contributed by atoms with Crippen LogP contribution in [0.5, 0.6) is 5.75 Å². The maximum absolute atomic E-state index is 12.1. The van der Waals surface area contributed by atoms with Crippen molar-refractivity contribution in [2.45, 2.75) is 6.92 Å². The Kier molecular flexibility index (Phi) is 6.82. The van der Waals surface area contributed by atoms with Crippen molar-refractivity contribution >= 4 is 45.7 Å². The first kappa shape index (κ1) is 21.2. The van der Waals surface area contributed by atoms with E-state index < -0.39 is 0 Å². The summed E-state index contributed by atoms with van der Waals surface area (Å²) in [5.41, 5.74) is 4.17. The van der Waals surface area contributed by atoms with E-state index in [4.69, 9.17) is 9.72 Å². The number of amides is 2. The van der Waals surface area contributed by atoms with Crippen LogP contribution in [0.3, 0.4) is 0 Å². The third-order valence-corrected chi connectivity index (χ3v) is 5.92. The molecule has 3 heterocycles. The van der Waals surface area contributed by atoms with E-state index in [-0.39, 0.29) is 18.4 Å². The molecule has 0 bridgehead atoms. The van der Waals surface area contributed by atoms with Gasteiger partial charge in [0.1, 0.15) is 5.75 Å². The molecule has 0 unspecified atom stereocenters. The van der Waals surface area contributed by atoms with E-state index >= 15 is 0 Å². The van der Waals surface area contributed by atoms with E-state index in [1.165, 1.54) is 10.4 Å². The molecule has 2 amide bonds. The topological polar surface area (TPSA) is 57.7 Å². The first-order valence-corrected chi connectivity index (χ1v) is 10.4. The second kappa shape index (κ2) is 9.33. The van der Waals surface area contributed by atoms with Gasteiger partial charge in [0.2, 0.25) is 0 Å². The van der Waals surface area contributed by atoms with Crippen molar-refractivity contribution in [3.63, 3.8) is 0 Å². The van der Waals surface area contributed by atoms with Gasteiger partial charge in [0.15, 0.2) is 0 Å². The highest BCUT2D eigenvalue weighted by Gasteiger charge is 2.23. The highest BCUT2D eigenvalue weighted by Crippen LogP contribution is 2.35. The zero-order valence-electron chi connectivity index (χ0n) is 16.6. The quantitative estimate of drug-likeness (QED) is 0.669.